The lowest BCUT2D eigenvalue weighted by molar-refractivity contribution is -0.136. The average Bonchev–Trinajstić information content (AvgIpc) is 2.21. The van der Waals surface area contributed by atoms with Crippen LogP contribution in [-0.4, -0.2) is 32.5 Å². The fourth-order valence-corrected chi connectivity index (χ4v) is 1.83. The zero-order valence-corrected chi connectivity index (χ0v) is 10.9. The Morgan fingerprint density at radius 3 is 2.41 bits per heavy atom. The highest BCUT2D eigenvalue weighted by Crippen LogP contribution is 2.24. The van der Waals surface area contributed by atoms with E-state index in [1.54, 1.807) is 7.11 Å². The number of rotatable bonds is 9. The molecule has 0 aliphatic rings. The summed E-state index contributed by atoms with van der Waals surface area (Å²) < 4.78 is 41.5. The van der Waals surface area contributed by atoms with Gasteiger partial charge < -0.3 is 10.1 Å². The summed E-state index contributed by atoms with van der Waals surface area (Å²) in [4.78, 5) is 0. The molecule has 2 unspecified atom stereocenters. The zero-order valence-electron chi connectivity index (χ0n) is 10.9. The molecule has 0 aliphatic heterocycles. The zero-order chi connectivity index (χ0) is 13.3. The van der Waals surface area contributed by atoms with Crippen molar-refractivity contribution in [2.24, 2.45) is 5.92 Å². The lowest BCUT2D eigenvalue weighted by Gasteiger charge is -2.22. The second-order valence-corrected chi connectivity index (χ2v) is 4.60. The molecule has 2 atom stereocenters. The summed E-state index contributed by atoms with van der Waals surface area (Å²) in [6, 6.07) is -0.0678. The monoisotopic (exact) mass is 255 g/mol. The molecule has 0 saturated carbocycles. The van der Waals surface area contributed by atoms with Crippen LogP contribution in [0.4, 0.5) is 13.2 Å². The SMILES string of the molecule is CCCNC(CCC(F)(F)F)CC(C)COC. The summed E-state index contributed by atoms with van der Waals surface area (Å²) in [5.74, 6) is 0.280. The highest BCUT2D eigenvalue weighted by molar-refractivity contribution is 4.71. The normalized spacial score (nSPS) is 15.9. The predicted octanol–water partition coefficient (Wildman–Crippen LogP) is 3.37. The lowest BCUT2D eigenvalue weighted by Crippen LogP contribution is -2.33. The predicted molar refractivity (Wildman–Crippen MR) is 63.0 cm³/mol. The van der Waals surface area contributed by atoms with Gasteiger partial charge in [-0.15, -0.1) is 0 Å². The molecule has 0 fully saturated rings. The van der Waals surface area contributed by atoms with Crippen LogP contribution in [0.2, 0.25) is 0 Å². The van der Waals surface area contributed by atoms with Gasteiger partial charge >= 0.3 is 6.18 Å². The minimum atomic E-state index is -4.06. The average molecular weight is 255 g/mol. The highest BCUT2D eigenvalue weighted by atomic mass is 19.4. The van der Waals surface area contributed by atoms with Gasteiger partial charge in [0.1, 0.15) is 0 Å². The van der Waals surface area contributed by atoms with E-state index in [1.165, 1.54) is 0 Å². The molecule has 0 aromatic carbocycles. The third kappa shape index (κ3) is 10.6. The van der Waals surface area contributed by atoms with Gasteiger partial charge in [-0.3, -0.25) is 0 Å². The number of alkyl halides is 3. The summed E-state index contributed by atoms with van der Waals surface area (Å²) in [6.45, 7) is 5.36. The number of ether oxygens (including phenoxy) is 1. The Morgan fingerprint density at radius 2 is 1.94 bits per heavy atom. The van der Waals surface area contributed by atoms with Crippen LogP contribution in [0.25, 0.3) is 0 Å². The molecule has 0 amide bonds. The number of hydrogen-bond acceptors (Lipinski definition) is 2. The van der Waals surface area contributed by atoms with Crippen LogP contribution in [0.1, 0.15) is 39.5 Å². The Labute approximate surface area is 102 Å². The first-order chi connectivity index (χ1) is 7.89. The third-order valence-corrected chi connectivity index (χ3v) is 2.60. The smallest absolute Gasteiger partial charge is 0.384 e. The first-order valence-electron chi connectivity index (χ1n) is 6.18. The van der Waals surface area contributed by atoms with Gasteiger partial charge in [0.2, 0.25) is 0 Å². The largest absolute Gasteiger partial charge is 0.389 e. The minimum absolute atomic E-state index is 0.0678. The number of methoxy groups -OCH3 is 1. The Kier molecular flexibility index (Phi) is 8.60. The molecule has 0 aliphatic carbocycles. The van der Waals surface area contributed by atoms with Crippen molar-refractivity contribution in [2.75, 3.05) is 20.3 Å². The van der Waals surface area contributed by atoms with Crippen molar-refractivity contribution >= 4 is 0 Å². The van der Waals surface area contributed by atoms with E-state index in [0.717, 1.165) is 19.4 Å². The lowest BCUT2D eigenvalue weighted by atomic mass is 9.98. The molecule has 0 heterocycles. The first-order valence-corrected chi connectivity index (χ1v) is 6.18. The van der Waals surface area contributed by atoms with Crippen molar-refractivity contribution in [2.45, 2.75) is 51.7 Å². The van der Waals surface area contributed by atoms with Gasteiger partial charge in [0.05, 0.1) is 0 Å². The maximum Gasteiger partial charge on any atom is 0.389 e. The van der Waals surface area contributed by atoms with Gasteiger partial charge in [-0.2, -0.15) is 13.2 Å². The maximum absolute atomic E-state index is 12.2. The topological polar surface area (TPSA) is 21.3 Å². The summed E-state index contributed by atoms with van der Waals surface area (Å²) in [6.07, 6.45) is -2.96. The van der Waals surface area contributed by atoms with E-state index < -0.39 is 12.6 Å². The van der Waals surface area contributed by atoms with Crippen LogP contribution in [0.5, 0.6) is 0 Å². The molecular weight excluding hydrogens is 231 g/mol. The van der Waals surface area contributed by atoms with E-state index in [9.17, 15) is 13.2 Å². The summed E-state index contributed by atoms with van der Waals surface area (Å²) in [5, 5.41) is 3.18. The molecular formula is C12H24F3NO. The summed E-state index contributed by atoms with van der Waals surface area (Å²) in [5.41, 5.74) is 0. The minimum Gasteiger partial charge on any atom is -0.384 e. The van der Waals surface area contributed by atoms with Gasteiger partial charge in [-0.25, -0.2) is 0 Å². The fraction of sp³-hybridized carbons (Fsp3) is 1.00. The van der Waals surface area contributed by atoms with Crippen LogP contribution in [0.3, 0.4) is 0 Å². The van der Waals surface area contributed by atoms with Crippen LogP contribution in [-0.2, 0) is 4.74 Å². The van der Waals surface area contributed by atoms with E-state index in [2.05, 4.69) is 5.32 Å². The molecule has 0 bridgehead atoms. The van der Waals surface area contributed by atoms with Crippen LogP contribution < -0.4 is 5.32 Å². The number of halogens is 3. The van der Waals surface area contributed by atoms with Crippen molar-refractivity contribution in [1.29, 1.82) is 0 Å². The van der Waals surface area contributed by atoms with E-state index in [-0.39, 0.29) is 18.4 Å². The molecule has 0 spiro atoms. The number of nitrogens with one attached hydrogen (secondary N) is 1. The molecule has 17 heavy (non-hydrogen) atoms. The molecule has 0 rings (SSSR count). The van der Waals surface area contributed by atoms with E-state index in [4.69, 9.17) is 4.74 Å². The fourth-order valence-electron chi connectivity index (χ4n) is 1.83. The van der Waals surface area contributed by atoms with E-state index in [1.807, 2.05) is 13.8 Å². The second kappa shape index (κ2) is 8.75. The van der Waals surface area contributed by atoms with Crippen molar-refractivity contribution < 1.29 is 17.9 Å². The van der Waals surface area contributed by atoms with Gasteiger partial charge in [0, 0.05) is 26.2 Å². The van der Waals surface area contributed by atoms with Gasteiger partial charge in [-0.1, -0.05) is 13.8 Å². The Bertz CT molecular complexity index is 185. The molecule has 1 N–H and O–H groups in total. The van der Waals surface area contributed by atoms with E-state index in [0.29, 0.717) is 6.61 Å². The maximum atomic E-state index is 12.2. The molecule has 0 radical (unpaired) electrons. The van der Waals surface area contributed by atoms with E-state index >= 15 is 0 Å². The van der Waals surface area contributed by atoms with Crippen LogP contribution >= 0.6 is 0 Å². The van der Waals surface area contributed by atoms with Crippen molar-refractivity contribution in [3.63, 3.8) is 0 Å². The standard InChI is InChI=1S/C12H24F3NO/c1-4-7-16-11(5-6-12(13,14)15)8-10(2)9-17-3/h10-11,16H,4-9H2,1-3H3. The molecule has 5 heteroatoms. The Balaban J connectivity index is 4.04. The number of hydrogen-bond donors (Lipinski definition) is 1. The van der Waals surface area contributed by atoms with Crippen LogP contribution in [0.15, 0.2) is 0 Å². The third-order valence-electron chi connectivity index (χ3n) is 2.60. The summed E-state index contributed by atoms with van der Waals surface area (Å²) in [7, 11) is 1.61. The van der Waals surface area contributed by atoms with Gasteiger partial charge in [0.15, 0.2) is 0 Å². The molecule has 0 saturated heterocycles. The Morgan fingerprint density at radius 1 is 1.29 bits per heavy atom. The first kappa shape index (κ1) is 16.7. The molecule has 2 nitrogen and oxygen atoms in total. The molecule has 104 valence electrons. The second-order valence-electron chi connectivity index (χ2n) is 4.60. The van der Waals surface area contributed by atoms with Crippen molar-refractivity contribution in [3.05, 3.63) is 0 Å². The highest BCUT2D eigenvalue weighted by Gasteiger charge is 2.28. The summed E-state index contributed by atoms with van der Waals surface area (Å²) >= 11 is 0. The van der Waals surface area contributed by atoms with Crippen molar-refractivity contribution in [1.82, 2.24) is 5.32 Å². The molecule has 0 aromatic rings. The van der Waals surface area contributed by atoms with Crippen molar-refractivity contribution in [3.8, 4) is 0 Å². The van der Waals surface area contributed by atoms with Crippen LogP contribution in [0, 0.1) is 5.92 Å². The Hall–Kier alpha value is -0.290. The molecule has 0 aromatic heterocycles. The quantitative estimate of drug-likeness (QED) is 0.682. The van der Waals surface area contributed by atoms with Gasteiger partial charge in [0.25, 0.3) is 0 Å². The van der Waals surface area contributed by atoms with Gasteiger partial charge in [-0.05, 0) is 31.7 Å².